The van der Waals surface area contributed by atoms with Crippen molar-refractivity contribution in [3.05, 3.63) is 23.8 Å². The summed E-state index contributed by atoms with van der Waals surface area (Å²) < 4.78 is 32.0. The number of nitrogens with zero attached hydrogens (tertiary/aromatic N) is 2. The second kappa shape index (κ2) is 6.76. The number of anilines is 1. The van der Waals surface area contributed by atoms with E-state index in [-0.39, 0.29) is 29.2 Å². The number of hydrogen-bond donors (Lipinski definition) is 1. The summed E-state index contributed by atoms with van der Waals surface area (Å²) in [6.07, 6.45) is 9.08. The van der Waals surface area contributed by atoms with Crippen LogP contribution in [0.15, 0.2) is 18.2 Å². The van der Waals surface area contributed by atoms with Crippen LogP contribution in [0.25, 0.3) is 11.0 Å². The van der Waals surface area contributed by atoms with Gasteiger partial charge in [0.1, 0.15) is 5.52 Å². The number of rotatable bonds is 4. The van der Waals surface area contributed by atoms with E-state index in [1.807, 2.05) is 0 Å². The zero-order chi connectivity index (χ0) is 18.0. The smallest absolute Gasteiger partial charge is 0.341 e. The van der Waals surface area contributed by atoms with Crippen LogP contribution >= 0.6 is 0 Å². The van der Waals surface area contributed by atoms with Crippen LogP contribution in [0.4, 0.5) is 5.95 Å². The number of ether oxygens (including phenoxy) is 1. The largest absolute Gasteiger partial charge is 0.449 e. The molecule has 132 valence electrons. The molecule has 1 aromatic heterocycles. The van der Waals surface area contributed by atoms with Gasteiger partial charge in [0.2, 0.25) is 16.0 Å². The van der Waals surface area contributed by atoms with Gasteiger partial charge in [0.05, 0.1) is 16.3 Å². The predicted octanol–water partition coefficient (Wildman–Crippen LogP) is 1.92. The average Bonchev–Trinajstić information content (AvgIpc) is 2.96. The van der Waals surface area contributed by atoms with Crippen LogP contribution in [0.2, 0.25) is 0 Å². The standard InChI is InChI=1S/C17H19N3O4S/c1-2-11-24-16(21)13-9-6-10-14-15(13)19-17(18)20(14)25(22,23)12-7-4-3-5-8-12/h1,6,9-10,12H,3-5,7-8,11H2,(H2,18,19). The van der Waals surface area contributed by atoms with Gasteiger partial charge in [-0.15, -0.1) is 6.42 Å². The number of fused-ring (bicyclic) bond motifs is 1. The molecule has 0 bridgehead atoms. The Morgan fingerprint density at radius 2 is 2.08 bits per heavy atom. The van der Waals surface area contributed by atoms with E-state index in [0.717, 1.165) is 23.2 Å². The molecule has 1 aliphatic rings. The fraction of sp³-hybridized carbons (Fsp3) is 0.412. The van der Waals surface area contributed by atoms with Crippen LogP contribution in [0.1, 0.15) is 42.5 Å². The second-order valence-corrected chi connectivity index (χ2v) is 8.05. The highest BCUT2D eigenvalue weighted by Crippen LogP contribution is 2.30. The summed E-state index contributed by atoms with van der Waals surface area (Å²) >= 11 is 0. The van der Waals surface area contributed by atoms with E-state index >= 15 is 0 Å². The van der Waals surface area contributed by atoms with E-state index in [4.69, 9.17) is 16.9 Å². The lowest BCUT2D eigenvalue weighted by Gasteiger charge is -2.22. The molecule has 25 heavy (non-hydrogen) atoms. The van der Waals surface area contributed by atoms with Crippen molar-refractivity contribution in [1.82, 2.24) is 8.96 Å². The van der Waals surface area contributed by atoms with Gasteiger partial charge in [0.25, 0.3) is 0 Å². The van der Waals surface area contributed by atoms with Crippen molar-refractivity contribution in [1.29, 1.82) is 0 Å². The number of para-hydroxylation sites is 1. The molecule has 7 nitrogen and oxygen atoms in total. The normalized spacial score (nSPS) is 15.8. The minimum atomic E-state index is -3.69. The second-order valence-electron chi connectivity index (χ2n) is 5.99. The van der Waals surface area contributed by atoms with Crippen LogP contribution in [0, 0.1) is 12.3 Å². The van der Waals surface area contributed by atoms with E-state index in [9.17, 15) is 13.2 Å². The lowest BCUT2D eigenvalue weighted by Crippen LogP contribution is -2.30. The minimum Gasteiger partial charge on any atom is -0.449 e. The van der Waals surface area contributed by atoms with E-state index in [1.165, 1.54) is 6.07 Å². The molecule has 0 radical (unpaired) electrons. The van der Waals surface area contributed by atoms with Gasteiger partial charge in [-0.05, 0) is 25.0 Å². The molecule has 1 heterocycles. The highest BCUT2D eigenvalue weighted by atomic mass is 32.2. The van der Waals surface area contributed by atoms with E-state index in [0.29, 0.717) is 12.8 Å². The number of carbonyl (C=O) groups excluding carboxylic acids is 1. The van der Waals surface area contributed by atoms with Crippen molar-refractivity contribution < 1.29 is 17.9 Å². The Bertz CT molecular complexity index is 950. The van der Waals surface area contributed by atoms with Crippen molar-refractivity contribution >= 4 is 33.0 Å². The first-order valence-corrected chi connectivity index (χ1v) is 9.59. The number of hydrogen-bond acceptors (Lipinski definition) is 6. The number of terminal acetylenes is 1. The molecular weight excluding hydrogens is 342 g/mol. The van der Waals surface area contributed by atoms with Gasteiger partial charge in [-0.2, -0.15) is 0 Å². The maximum absolute atomic E-state index is 13.0. The molecule has 1 saturated carbocycles. The van der Waals surface area contributed by atoms with Gasteiger partial charge < -0.3 is 10.5 Å². The molecule has 1 fully saturated rings. The highest BCUT2D eigenvalue weighted by Gasteiger charge is 2.32. The van der Waals surface area contributed by atoms with Crippen molar-refractivity contribution in [2.45, 2.75) is 37.4 Å². The molecule has 1 aromatic carbocycles. The van der Waals surface area contributed by atoms with Crippen molar-refractivity contribution in [2.24, 2.45) is 0 Å². The van der Waals surface area contributed by atoms with Crippen LogP contribution in [-0.2, 0) is 14.8 Å². The monoisotopic (exact) mass is 361 g/mol. The number of nitrogen functional groups attached to an aromatic ring is 1. The third-order valence-corrected chi connectivity index (χ3v) is 6.61. The lowest BCUT2D eigenvalue weighted by molar-refractivity contribution is 0.0559. The predicted molar refractivity (Wildman–Crippen MR) is 94.5 cm³/mol. The van der Waals surface area contributed by atoms with Gasteiger partial charge in [0.15, 0.2) is 6.61 Å². The van der Waals surface area contributed by atoms with Crippen LogP contribution in [0.5, 0.6) is 0 Å². The molecule has 2 N–H and O–H groups in total. The van der Waals surface area contributed by atoms with Crippen molar-refractivity contribution in [3.8, 4) is 12.3 Å². The first-order chi connectivity index (χ1) is 12.0. The topological polar surface area (TPSA) is 104 Å². The van der Waals surface area contributed by atoms with Gasteiger partial charge >= 0.3 is 5.97 Å². The molecule has 3 rings (SSSR count). The summed E-state index contributed by atoms with van der Waals surface area (Å²) in [6.45, 7) is -0.175. The summed E-state index contributed by atoms with van der Waals surface area (Å²) in [7, 11) is -3.69. The third kappa shape index (κ3) is 3.07. The van der Waals surface area contributed by atoms with E-state index in [2.05, 4.69) is 10.9 Å². The van der Waals surface area contributed by atoms with Crippen LogP contribution in [0.3, 0.4) is 0 Å². The maximum Gasteiger partial charge on any atom is 0.341 e. The number of esters is 1. The molecule has 0 aliphatic heterocycles. The third-order valence-electron chi connectivity index (χ3n) is 4.40. The number of nitrogens with two attached hydrogens (primary N) is 1. The quantitative estimate of drug-likeness (QED) is 0.659. The molecule has 0 amide bonds. The fourth-order valence-corrected chi connectivity index (χ4v) is 5.18. The molecule has 0 saturated heterocycles. The Hall–Kier alpha value is -2.53. The van der Waals surface area contributed by atoms with Gasteiger partial charge in [0, 0.05) is 0 Å². The van der Waals surface area contributed by atoms with Gasteiger partial charge in [-0.1, -0.05) is 31.2 Å². The maximum atomic E-state index is 13.0. The summed E-state index contributed by atoms with van der Waals surface area (Å²) in [5, 5.41) is -0.488. The van der Waals surface area contributed by atoms with Gasteiger partial charge in [-0.3, -0.25) is 0 Å². The Labute approximate surface area is 146 Å². The van der Waals surface area contributed by atoms with E-state index in [1.54, 1.807) is 12.1 Å². The average molecular weight is 361 g/mol. The number of benzene rings is 1. The molecule has 0 atom stereocenters. The minimum absolute atomic E-state index is 0.136. The summed E-state index contributed by atoms with van der Waals surface area (Å²) in [4.78, 5) is 16.2. The Morgan fingerprint density at radius 1 is 1.36 bits per heavy atom. The lowest BCUT2D eigenvalue weighted by atomic mass is 10.0. The van der Waals surface area contributed by atoms with Crippen molar-refractivity contribution in [3.63, 3.8) is 0 Å². The number of imidazole rings is 1. The molecular formula is C17H19N3O4S. The molecule has 1 aliphatic carbocycles. The number of carbonyl (C=O) groups is 1. The fourth-order valence-electron chi connectivity index (χ4n) is 3.23. The molecule has 8 heteroatoms. The first kappa shape index (κ1) is 17.3. The van der Waals surface area contributed by atoms with Gasteiger partial charge in [-0.25, -0.2) is 22.2 Å². The Kier molecular flexibility index (Phi) is 4.68. The summed E-state index contributed by atoms with van der Waals surface area (Å²) in [5.74, 6) is 1.39. The zero-order valence-corrected chi connectivity index (χ0v) is 14.5. The SMILES string of the molecule is C#CCOC(=O)c1cccc2c1nc(N)n2S(=O)(=O)C1CCCCC1. The molecule has 0 unspecified atom stereocenters. The van der Waals surface area contributed by atoms with Crippen LogP contribution < -0.4 is 5.73 Å². The van der Waals surface area contributed by atoms with Crippen molar-refractivity contribution in [2.75, 3.05) is 12.3 Å². The first-order valence-electron chi connectivity index (χ1n) is 8.08. The Morgan fingerprint density at radius 3 is 2.76 bits per heavy atom. The molecule has 0 spiro atoms. The zero-order valence-electron chi connectivity index (χ0n) is 13.6. The highest BCUT2D eigenvalue weighted by molar-refractivity contribution is 7.90. The number of aromatic nitrogens is 2. The molecule has 2 aromatic rings. The summed E-state index contributed by atoms with van der Waals surface area (Å²) in [6, 6.07) is 4.66. The Balaban J connectivity index is 2.10. The van der Waals surface area contributed by atoms with Crippen LogP contribution in [-0.4, -0.2) is 35.2 Å². The van der Waals surface area contributed by atoms with E-state index < -0.39 is 21.2 Å². The summed E-state index contributed by atoms with van der Waals surface area (Å²) in [5.41, 5.74) is 6.51.